The maximum Gasteiger partial charge on any atom is 0.453 e. The molecule has 5 aromatic carbocycles. The van der Waals surface area contributed by atoms with Crippen molar-refractivity contribution in [1.29, 1.82) is 0 Å². The smallest absolute Gasteiger partial charge is 0.453 e. The van der Waals surface area contributed by atoms with Gasteiger partial charge in [-0.05, 0) is 233 Å². The molecule has 2 N–H and O–H groups in total. The summed E-state index contributed by atoms with van der Waals surface area (Å²) in [5.74, 6) is -13.6. The Morgan fingerprint density at radius 3 is 1.42 bits per heavy atom. The minimum absolute atomic E-state index is 0.0300. The van der Waals surface area contributed by atoms with Gasteiger partial charge >= 0.3 is 24.2 Å². The van der Waals surface area contributed by atoms with E-state index < -0.39 is 99.2 Å². The molecule has 0 saturated heterocycles. The van der Waals surface area contributed by atoms with Crippen molar-refractivity contribution in [3.05, 3.63) is 159 Å². The molecule has 7 rings (SSSR count). The first kappa shape index (κ1) is 75.3. The summed E-state index contributed by atoms with van der Waals surface area (Å²) in [6.45, 7) is 4.29. The van der Waals surface area contributed by atoms with Crippen molar-refractivity contribution in [2.45, 2.75) is 166 Å². The average molecular weight is 1350 g/mol. The largest absolute Gasteiger partial charge is 0.616 e. The Kier molecular flexibility index (Phi) is 28.3. The maximum absolute atomic E-state index is 14.2. The van der Waals surface area contributed by atoms with Crippen molar-refractivity contribution in [3.8, 4) is 11.5 Å². The molecule has 0 spiro atoms. The van der Waals surface area contributed by atoms with Crippen molar-refractivity contribution < 1.29 is 84.6 Å². The molecule has 0 aromatic heterocycles. The van der Waals surface area contributed by atoms with E-state index in [0.29, 0.717) is 69.4 Å². The predicted octanol–water partition coefficient (Wildman–Crippen LogP) is 19.0. The van der Waals surface area contributed by atoms with Gasteiger partial charge in [0.1, 0.15) is 56.1 Å². The van der Waals surface area contributed by atoms with Gasteiger partial charge in [0.2, 0.25) is 0 Å². The van der Waals surface area contributed by atoms with Crippen LogP contribution in [0.3, 0.4) is 0 Å². The summed E-state index contributed by atoms with van der Waals surface area (Å²) in [6.07, 6.45) is -1.77. The van der Waals surface area contributed by atoms with Crippen molar-refractivity contribution in [3.63, 3.8) is 0 Å². The fraction of sp³-hybridized carbons (Fsp3) is 0.507. The minimum Gasteiger partial charge on any atom is -0.616 e. The van der Waals surface area contributed by atoms with Crippen LogP contribution in [0.4, 0.5) is 67.2 Å². The molecular formula is C69H82F14N2O5S2. The van der Waals surface area contributed by atoms with Crippen molar-refractivity contribution in [2.24, 2.45) is 0 Å². The molecule has 0 saturated carbocycles. The van der Waals surface area contributed by atoms with Crippen LogP contribution in [0.2, 0.25) is 0 Å². The third-order valence-corrected chi connectivity index (χ3v) is 19.9. The zero-order valence-electron chi connectivity index (χ0n) is 51.9. The number of rotatable bonds is 32. The number of sulfone groups is 1. The number of hydrogen-bond donors (Lipinski definition) is 2. The summed E-state index contributed by atoms with van der Waals surface area (Å²) in [4.78, 5) is 4.10. The molecule has 7 nitrogen and oxygen atoms in total. The third-order valence-electron chi connectivity index (χ3n) is 16.7. The van der Waals surface area contributed by atoms with Gasteiger partial charge in [0.25, 0.3) is 0 Å². The molecule has 0 amide bonds. The fourth-order valence-corrected chi connectivity index (χ4v) is 14.5. The first-order valence-corrected chi connectivity index (χ1v) is 34.6. The predicted molar refractivity (Wildman–Crippen MR) is 337 cm³/mol. The van der Waals surface area contributed by atoms with Gasteiger partial charge in [-0.2, -0.15) is 43.9 Å². The molecule has 2 aliphatic carbocycles. The standard InChI is InChI=1S/C37H42F7NO2S.C32H40F7NO3S/c1-26-10-5-6-14-35(26)45(19-9-20-48(47)21-17-36(40,41)37(42,43)44)18-7-3-2-4-12-34-32(28-22-29(38)25-30(39)23-28)13-8-11-27-24-31(46)15-16-33(27)34;1-40(16-8-18-44(42,43)17-7-14-31(35,36)32(37,38)39)15-5-3-2-4-10-30-28(24-19-25(33)22-26(34)20-24)11-6-9-23-21-27(41)12-13-29(23)30/h5-6,10,14-16,22-25,46H,2-4,7-9,11-13,17-21H2,1H3;12-13,19-22,41H,2-11,14-18H2,1H3. The highest BCUT2D eigenvalue weighted by Gasteiger charge is 2.58. The number of phenols is 2. The second-order valence-corrected chi connectivity index (χ2v) is 28.0. The number of phenolic OH excluding ortho intramolecular Hbond substituents is 2. The van der Waals surface area contributed by atoms with E-state index in [1.54, 1.807) is 24.3 Å². The van der Waals surface area contributed by atoms with Crippen LogP contribution in [0.5, 0.6) is 11.5 Å². The Morgan fingerprint density at radius 2 is 0.935 bits per heavy atom. The first-order chi connectivity index (χ1) is 43.3. The normalized spacial score (nSPS) is 14.6. The Bertz CT molecular complexity index is 3330. The molecule has 0 radical (unpaired) electrons. The van der Waals surface area contributed by atoms with Crippen LogP contribution in [0.1, 0.15) is 161 Å². The van der Waals surface area contributed by atoms with Gasteiger partial charge in [-0.3, -0.25) is 0 Å². The zero-order chi connectivity index (χ0) is 67.4. The second kappa shape index (κ2) is 34.6. The molecule has 0 heterocycles. The lowest BCUT2D eigenvalue weighted by atomic mass is 9.89. The van der Waals surface area contributed by atoms with Gasteiger partial charge in [0.05, 0.1) is 17.9 Å². The van der Waals surface area contributed by atoms with E-state index in [-0.39, 0.29) is 29.4 Å². The highest BCUT2D eigenvalue weighted by atomic mass is 32.2. The molecule has 508 valence electrons. The number of aryl methyl sites for hydroxylation is 3. The Labute approximate surface area is 534 Å². The van der Waals surface area contributed by atoms with Gasteiger partial charge in [-0.25, -0.2) is 26.0 Å². The van der Waals surface area contributed by atoms with Gasteiger partial charge in [0.15, 0.2) is 0 Å². The molecule has 2 aliphatic rings. The number of anilines is 1. The second-order valence-electron chi connectivity index (χ2n) is 24.0. The maximum atomic E-state index is 14.2. The van der Waals surface area contributed by atoms with Crippen LogP contribution in [0.25, 0.3) is 22.3 Å². The SMILES string of the molecule is CN(CCCCCCC1=C(c2cc(F)cc(F)c2)CCCc2cc(O)ccc21)CCCS(=O)(=O)CCCC(F)(F)C(F)(F)F.Cc1ccccc1N(CCCCCCC1=C(c2cc(F)cc(F)c2)CCCc2cc(O)ccc21)CCC[S+]([O-])CCC(F)(F)C(F)(F)F. The third kappa shape index (κ3) is 23.3. The first-order valence-electron chi connectivity index (χ1n) is 31.3. The van der Waals surface area contributed by atoms with Crippen LogP contribution in [-0.2, 0) is 33.9 Å². The number of benzene rings is 5. The number of halogens is 14. The summed E-state index contributed by atoms with van der Waals surface area (Å²) in [5, 5.41) is 20.1. The van der Waals surface area contributed by atoms with Gasteiger partial charge in [-0.15, -0.1) is 0 Å². The minimum atomic E-state index is -5.69. The Hall–Kier alpha value is -5.78. The topological polar surface area (TPSA) is 104 Å². The molecule has 0 fully saturated rings. The molecule has 23 heteroatoms. The molecule has 1 atom stereocenters. The molecule has 5 aromatic rings. The monoisotopic (exact) mass is 1350 g/mol. The Balaban J connectivity index is 0.000000293. The lowest BCUT2D eigenvalue weighted by molar-refractivity contribution is -0.284. The van der Waals surface area contributed by atoms with E-state index in [1.807, 2.05) is 55.3 Å². The number of allylic oxidation sites excluding steroid dienone is 4. The molecular weight excluding hydrogens is 1270 g/mol. The summed E-state index contributed by atoms with van der Waals surface area (Å²) in [5.41, 5.74) is 11.0. The van der Waals surface area contributed by atoms with Gasteiger partial charge in [0, 0.05) is 43.8 Å². The average Bonchev–Trinajstić information content (AvgIpc) is 1.57. The van der Waals surface area contributed by atoms with E-state index in [1.165, 1.54) is 24.3 Å². The molecule has 1 unspecified atom stereocenters. The highest BCUT2D eigenvalue weighted by Crippen LogP contribution is 2.44. The summed E-state index contributed by atoms with van der Waals surface area (Å²) in [6, 6.07) is 25.5. The van der Waals surface area contributed by atoms with E-state index in [4.69, 9.17) is 0 Å². The van der Waals surface area contributed by atoms with Crippen LogP contribution in [-0.4, -0.2) is 109 Å². The highest BCUT2D eigenvalue weighted by molar-refractivity contribution is 7.91. The summed E-state index contributed by atoms with van der Waals surface area (Å²) in [7, 11) is -1.89. The van der Waals surface area contributed by atoms with E-state index in [2.05, 4.69) is 4.90 Å². The van der Waals surface area contributed by atoms with Crippen LogP contribution in [0, 0.1) is 30.2 Å². The molecule has 92 heavy (non-hydrogen) atoms. The Morgan fingerprint density at radius 1 is 0.500 bits per heavy atom. The summed E-state index contributed by atoms with van der Waals surface area (Å²) < 4.78 is 220. The van der Waals surface area contributed by atoms with Gasteiger partial charge < -0.3 is 24.6 Å². The number of para-hydroxylation sites is 1. The quantitative estimate of drug-likeness (QED) is 0.0251. The van der Waals surface area contributed by atoms with E-state index >= 15 is 0 Å². The number of nitrogens with zero attached hydrogens (tertiary/aromatic N) is 2. The van der Waals surface area contributed by atoms with Crippen molar-refractivity contribution >= 4 is 49.0 Å². The van der Waals surface area contributed by atoms with Crippen LogP contribution >= 0.6 is 0 Å². The number of alkyl halides is 10. The van der Waals surface area contributed by atoms with E-state index in [0.717, 1.165) is 145 Å². The lowest BCUT2D eigenvalue weighted by Gasteiger charge is -2.27. The number of hydrogen-bond acceptors (Lipinski definition) is 7. The number of fused-ring (bicyclic) bond motifs is 2. The van der Waals surface area contributed by atoms with Crippen LogP contribution < -0.4 is 4.90 Å². The molecule has 0 aliphatic heterocycles. The molecule has 0 bridgehead atoms. The van der Waals surface area contributed by atoms with E-state index in [9.17, 15) is 84.6 Å². The fourth-order valence-electron chi connectivity index (χ4n) is 12.0. The number of unbranched alkanes of at least 4 members (excludes halogenated alkanes) is 6. The summed E-state index contributed by atoms with van der Waals surface area (Å²) >= 11 is -1.80. The number of aromatic hydroxyl groups is 2. The zero-order valence-corrected chi connectivity index (χ0v) is 53.5. The van der Waals surface area contributed by atoms with Crippen LogP contribution in [0.15, 0.2) is 97.1 Å². The van der Waals surface area contributed by atoms with Crippen molar-refractivity contribution in [2.75, 3.05) is 61.1 Å². The van der Waals surface area contributed by atoms with Crippen molar-refractivity contribution in [1.82, 2.24) is 4.90 Å². The lowest BCUT2D eigenvalue weighted by Crippen LogP contribution is -2.38. The van der Waals surface area contributed by atoms with Gasteiger partial charge in [-0.1, -0.05) is 67.2 Å².